The Morgan fingerprint density at radius 1 is 1.03 bits per heavy atom. The van der Waals surface area contributed by atoms with Gasteiger partial charge in [-0.15, -0.1) is 21.5 Å². The number of carbonyl (C=O) groups is 1. The Morgan fingerprint density at radius 2 is 1.83 bits per heavy atom. The molecule has 0 saturated heterocycles. The number of hydrogen-bond donors (Lipinski definition) is 0. The molecule has 2 atom stereocenters. The van der Waals surface area contributed by atoms with Crippen LogP contribution in [0.15, 0.2) is 59.0 Å². The molecule has 2 aromatic heterocycles. The Kier molecular flexibility index (Phi) is 5.27. The molecule has 0 aliphatic heterocycles. The van der Waals surface area contributed by atoms with Crippen molar-refractivity contribution in [2.24, 2.45) is 5.92 Å². The van der Waals surface area contributed by atoms with Gasteiger partial charge in [-0.2, -0.15) is 0 Å². The summed E-state index contributed by atoms with van der Waals surface area (Å²) in [6.45, 7) is -0.0122. The van der Waals surface area contributed by atoms with Crippen LogP contribution in [0.3, 0.4) is 0 Å². The zero-order valence-corrected chi connectivity index (χ0v) is 17.2. The van der Waals surface area contributed by atoms with Gasteiger partial charge in [0.15, 0.2) is 6.61 Å². The number of nitrogens with zero attached hydrogens (tertiary/aromatic N) is 3. The van der Waals surface area contributed by atoms with E-state index in [0.29, 0.717) is 11.8 Å². The first kappa shape index (κ1) is 18.9. The van der Waals surface area contributed by atoms with Crippen LogP contribution in [0.5, 0.6) is 0 Å². The lowest BCUT2D eigenvalue weighted by atomic mass is 9.79. The van der Waals surface area contributed by atoms with Gasteiger partial charge in [0.1, 0.15) is 0 Å². The quantitative estimate of drug-likeness (QED) is 0.405. The van der Waals surface area contributed by atoms with Gasteiger partial charge < -0.3 is 9.15 Å². The van der Waals surface area contributed by atoms with Crippen molar-refractivity contribution in [1.29, 1.82) is 0 Å². The van der Waals surface area contributed by atoms with Crippen molar-refractivity contribution >= 4 is 27.5 Å². The first-order chi connectivity index (χ1) is 14.8. The van der Waals surface area contributed by atoms with Crippen molar-refractivity contribution in [1.82, 2.24) is 15.2 Å². The molecular weight excluding hydrogens is 398 g/mol. The number of para-hydroxylation sites is 1. The Balaban J connectivity index is 1.28. The lowest BCUT2D eigenvalue weighted by Gasteiger charge is -2.28. The topological polar surface area (TPSA) is 78.1 Å². The minimum atomic E-state index is -0.210. The molecule has 0 unspecified atom stereocenters. The zero-order valence-electron chi connectivity index (χ0n) is 16.4. The normalized spacial score (nSPS) is 19.1. The summed E-state index contributed by atoms with van der Waals surface area (Å²) in [7, 11) is 0. The van der Waals surface area contributed by atoms with Crippen LogP contribution in [0.4, 0.5) is 0 Å². The third-order valence-corrected chi connectivity index (χ3v) is 6.69. The molecule has 1 saturated carbocycles. The summed E-state index contributed by atoms with van der Waals surface area (Å²) < 4.78 is 12.4. The molecule has 7 heteroatoms. The predicted molar refractivity (Wildman–Crippen MR) is 114 cm³/mol. The van der Waals surface area contributed by atoms with E-state index < -0.39 is 0 Å². The summed E-state index contributed by atoms with van der Waals surface area (Å²) >= 11 is 1.68. The summed E-state index contributed by atoms with van der Waals surface area (Å²) in [5.74, 6) is 0.432. The van der Waals surface area contributed by atoms with Crippen LogP contribution >= 0.6 is 11.3 Å². The molecule has 4 aromatic rings. The number of esters is 1. The molecule has 1 fully saturated rings. The summed E-state index contributed by atoms with van der Waals surface area (Å²) in [5, 5.41) is 9.09. The highest BCUT2D eigenvalue weighted by Crippen LogP contribution is 2.41. The van der Waals surface area contributed by atoms with Gasteiger partial charge in [0.05, 0.1) is 21.1 Å². The van der Waals surface area contributed by atoms with Gasteiger partial charge in [0, 0.05) is 11.5 Å². The molecule has 1 aliphatic carbocycles. The molecule has 6 nitrogen and oxygen atoms in total. The molecule has 1 aliphatic rings. The molecule has 0 radical (unpaired) electrons. The first-order valence-electron chi connectivity index (χ1n) is 10.2. The van der Waals surface area contributed by atoms with Crippen molar-refractivity contribution in [3.63, 3.8) is 0 Å². The smallest absolute Gasteiger partial charge is 0.310 e. The minimum absolute atomic E-state index is 0.0122. The average Bonchev–Trinajstić information content (AvgIpc) is 3.45. The van der Waals surface area contributed by atoms with E-state index >= 15 is 0 Å². The van der Waals surface area contributed by atoms with Crippen LogP contribution in [-0.2, 0) is 16.1 Å². The summed E-state index contributed by atoms with van der Waals surface area (Å²) in [4.78, 5) is 17.7. The highest BCUT2D eigenvalue weighted by Gasteiger charge is 2.35. The van der Waals surface area contributed by atoms with Gasteiger partial charge in [0.25, 0.3) is 5.89 Å². The highest BCUT2D eigenvalue weighted by molar-refractivity contribution is 7.18. The van der Waals surface area contributed by atoms with E-state index in [1.165, 1.54) is 0 Å². The molecule has 5 rings (SSSR count). The molecule has 30 heavy (non-hydrogen) atoms. The molecular formula is C23H21N3O3S. The molecule has 2 aromatic carbocycles. The van der Waals surface area contributed by atoms with Crippen molar-refractivity contribution in [3.8, 4) is 11.5 Å². The van der Waals surface area contributed by atoms with E-state index in [2.05, 4.69) is 16.3 Å². The fourth-order valence-corrected chi connectivity index (χ4v) is 5.17. The number of aromatic nitrogens is 3. The van der Waals surface area contributed by atoms with Gasteiger partial charge >= 0.3 is 5.97 Å². The highest BCUT2D eigenvalue weighted by atomic mass is 32.1. The van der Waals surface area contributed by atoms with Crippen LogP contribution in [0.2, 0.25) is 0 Å². The second-order valence-corrected chi connectivity index (χ2v) is 8.55. The zero-order chi connectivity index (χ0) is 20.3. The Morgan fingerprint density at radius 3 is 2.70 bits per heavy atom. The maximum absolute atomic E-state index is 12.9. The SMILES string of the molecule is O=C(OCc1nnc(-c2ccccc2)o1)[C@@H]1CCCC[C@@H]1c1nc2ccccc2s1. The average molecular weight is 420 g/mol. The van der Waals surface area contributed by atoms with Crippen LogP contribution < -0.4 is 0 Å². The number of hydrogen-bond acceptors (Lipinski definition) is 7. The lowest BCUT2D eigenvalue weighted by molar-refractivity contribution is -0.152. The monoisotopic (exact) mass is 419 g/mol. The van der Waals surface area contributed by atoms with Crippen molar-refractivity contribution in [2.75, 3.05) is 0 Å². The third-order valence-electron chi connectivity index (χ3n) is 5.52. The maximum atomic E-state index is 12.9. The Hall–Kier alpha value is -3.06. The Bertz CT molecular complexity index is 1120. The minimum Gasteiger partial charge on any atom is -0.455 e. The molecule has 152 valence electrons. The van der Waals surface area contributed by atoms with Crippen LogP contribution in [0.25, 0.3) is 21.7 Å². The van der Waals surface area contributed by atoms with Gasteiger partial charge in [-0.25, -0.2) is 4.98 Å². The van der Waals surface area contributed by atoms with Crippen LogP contribution in [0.1, 0.15) is 42.5 Å². The number of thiazole rings is 1. The molecule has 0 spiro atoms. The Labute approximate surface area is 177 Å². The van der Waals surface area contributed by atoms with E-state index in [4.69, 9.17) is 14.1 Å². The first-order valence-corrected chi connectivity index (χ1v) is 11.0. The molecule has 2 heterocycles. The van der Waals surface area contributed by atoms with E-state index in [-0.39, 0.29) is 24.4 Å². The largest absolute Gasteiger partial charge is 0.455 e. The van der Waals surface area contributed by atoms with Crippen molar-refractivity contribution in [3.05, 3.63) is 65.5 Å². The van der Waals surface area contributed by atoms with Gasteiger partial charge in [0.2, 0.25) is 5.89 Å². The summed E-state index contributed by atoms with van der Waals surface area (Å²) in [5.41, 5.74) is 1.83. The summed E-state index contributed by atoms with van der Waals surface area (Å²) in [6, 6.07) is 17.6. The summed E-state index contributed by atoms with van der Waals surface area (Å²) in [6.07, 6.45) is 3.91. The van der Waals surface area contributed by atoms with Gasteiger partial charge in [-0.3, -0.25) is 4.79 Å². The fraction of sp³-hybridized carbons (Fsp3) is 0.304. The van der Waals surface area contributed by atoms with E-state index in [0.717, 1.165) is 46.5 Å². The number of benzene rings is 2. The predicted octanol–water partition coefficient (Wildman–Crippen LogP) is 5.36. The number of rotatable bonds is 5. The molecule has 0 N–H and O–H groups in total. The number of carbonyl (C=O) groups excluding carboxylic acids is 1. The third kappa shape index (κ3) is 3.85. The number of ether oxygens (including phenoxy) is 1. The molecule has 0 bridgehead atoms. The van der Waals surface area contributed by atoms with Crippen LogP contribution in [-0.4, -0.2) is 21.2 Å². The standard InChI is InChI=1S/C23H21N3O3S/c27-23(28-14-20-25-26-21(29-20)15-8-2-1-3-9-15)17-11-5-4-10-16(17)22-24-18-12-6-7-13-19(18)30-22/h1-3,6-9,12-13,16-17H,4-5,10-11,14H2/t16-,17+/m0/s1. The van der Waals surface area contributed by atoms with Crippen molar-refractivity contribution < 1.29 is 13.9 Å². The van der Waals surface area contributed by atoms with Gasteiger partial charge in [-0.05, 0) is 37.1 Å². The van der Waals surface area contributed by atoms with Gasteiger partial charge in [-0.1, -0.05) is 43.2 Å². The second-order valence-electron chi connectivity index (χ2n) is 7.49. The second kappa shape index (κ2) is 8.36. The van der Waals surface area contributed by atoms with Crippen LogP contribution in [0, 0.1) is 5.92 Å². The van der Waals surface area contributed by atoms with E-state index in [9.17, 15) is 4.79 Å². The number of fused-ring (bicyclic) bond motifs is 1. The van der Waals surface area contributed by atoms with E-state index in [1.807, 2.05) is 48.5 Å². The van der Waals surface area contributed by atoms with Crippen molar-refractivity contribution in [2.45, 2.75) is 38.2 Å². The maximum Gasteiger partial charge on any atom is 0.310 e. The van der Waals surface area contributed by atoms with E-state index in [1.54, 1.807) is 11.3 Å². The molecule has 0 amide bonds. The lowest BCUT2D eigenvalue weighted by Crippen LogP contribution is -2.27. The fourth-order valence-electron chi connectivity index (χ4n) is 4.01.